The summed E-state index contributed by atoms with van der Waals surface area (Å²) in [5, 5.41) is 4.02. The highest BCUT2D eigenvalue weighted by Crippen LogP contribution is 2.05. The van der Waals surface area contributed by atoms with E-state index in [0.717, 1.165) is 23.8 Å². The number of carbonyl (C=O) groups excluding carboxylic acids is 1. The summed E-state index contributed by atoms with van der Waals surface area (Å²) in [6.45, 7) is 2.02. The minimum absolute atomic E-state index is 0.0345. The molecule has 2 aromatic rings. The number of aryl methyl sites for hydroxylation is 1. The van der Waals surface area contributed by atoms with Gasteiger partial charge in [0.15, 0.2) is 0 Å². The van der Waals surface area contributed by atoms with Gasteiger partial charge in [0.2, 0.25) is 15.9 Å². The highest BCUT2D eigenvalue weighted by molar-refractivity contribution is 7.92. The van der Waals surface area contributed by atoms with Crippen molar-refractivity contribution in [3.8, 4) is 0 Å². The highest BCUT2D eigenvalue weighted by atomic mass is 32.2. The van der Waals surface area contributed by atoms with Crippen LogP contribution in [0.25, 0.3) is 6.08 Å². The zero-order valence-electron chi connectivity index (χ0n) is 15.5. The minimum Gasteiger partial charge on any atom is -0.354 e. The van der Waals surface area contributed by atoms with Crippen molar-refractivity contribution in [3.05, 3.63) is 77.2 Å². The van der Waals surface area contributed by atoms with E-state index in [4.69, 9.17) is 0 Å². The molecule has 1 unspecified atom stereocenters. The zero-order chi connectivity index (χ0) is 19.5. The molecule has 144 valence electrons. The van der Waals surface area contributed by atoms with Gasteiger partial charge in [0.25, 0.3) is 0 Å². The Morgan fingerprint density at radius 3 is 2.33 bits per heavy atom. The first kappa shape index (κ1) is 20.9. The lowest BCUT2D eigenvalue weighted by Gasteiger charge is -2.14. The van der Waals surface area contributed by atoms with Gasteiger partial charge in [-0.05, 0) is 37.0 Å². The Balaban J connectivity index is 1.68. The first-order chi connectivity index (χ1) is 12.9. The molecule has 0 saturated heterocycles. The fourth-order valence-electron chi connectivity index (χ4n) is 2.53. The average Bonchev–Trinajstić information content (AvgIpc) is 2.66. The summed E-state index contributed by atoms with van der Waals surface area (Å²) in [6, 6.07) is 19.3. The van der Waals surface area contributed by atoms with Gasteiger partial charge < -0.3 is 5.32 Å². The number of benzene rings is 2. The summed E-state index contributed by atoms with van der Waals surface area (Å²) in [5.74, 6) is -0.162. The Kier molecular flexibility index (Phi) is 8.23. The first-order valence-electron chi connectivity index (χ1n) is 9.01. The normalized spacial score (nSPS) is 12.8. The van der Waals surface area contributed by atoms with Gasteiger partial charge in [-0.1, -0.05) is 60.7 Å². The monoisotopic (exact) mass is 386 g/mol. The summed E-state index contributed by atoms with van der Waals surface area (Å²) in [7, 11) is -3.56. The van der Waals surface area contributed by atoms with E-state index in [-0.39, 0.29) is 24.9 Å². The van der Waals surface area contributed by atoms with Crippen molar-refractivity contribution in [2.24, 2.45) is 0 Å². The molecule has 0 heterocycles. The van der Waals surface area contributed by atoms with E-state index in [0.29, 0.717) is 0 Å². The van der Waals surface area contributed by atoms with E-state index < -0.39 is 10.0 Å². The third-order valence-electron chi connectivity index (χ3n) is 4.01. The molecule has 0 aliphatic rings. The van der Waals surface area contributed by atoms with Gasteiger partial charge >= 0.3 is 0 Å². The van der Waals surface area contributed by atoms with Gasteiger partial charge in [0, 0.05) is 24.4 Å². The first-order valence-corrected chi connectivity index (χ1v) is 10.6. The molecular formula is C21H26N2O3S. The third-order valence-corrected chi connectivity index (χ3v) is 5.11. The van der Waals surface area contributed by atoms with Crippen LogP contribution in [0.4, 0.5) is 0 Å². The molecular weight excluding hydrogens is 360 g/mol. The van der Waals surface area contributed by atoms with Gasteiger partial charge in [-0.15, -0.1) is 0 Å². The van der Waals surface area contributed by atoms with E-state index in [2.05, 4.69) is 22.2 Å². The average molecular weight is 387 g/mol. The number of hydrogen-bond donors (Lipinski definition) is 2. The van der Waals surface area contributed by atoms with Crippen LogP contribution >= 0.6 is 0 Å². The standard InChI is InChI=1S/C21H26N2O3S/c1-18(12-13-19-8-4-2-5-9-19)23-21(24)14-16-22-27(25,26)17-15-20-10-6-3-7-11-20/h2-11,15,17-18,22H,12-14,16H2,1H3,(H,23,24)/b17-15+. The number of hydrogen-bond acceptors (Lipinski definition) is 3. The van der Waals surface area contributed by atoms with Crippen LogP contribution in [0.2, 0.25) is 0 Å². The van der Waals surface area contributed by atoms with Crippen LogP contribution in [0, 0.1) is 0 Å². The van der Waals surface area contributed by atoms with Crippen molar-refractivity contribution in [1.29, 1.82) is 0 Å². The topological polar surface area (TPSA) is 75.3 Å². The summed E-state index contributed by atoms with van der Waals surface area (Å²) in [6.07, 6.45) is 3.35. The van der Waals surface area contributed by atoms with Crippen LogP contribution in [-0.2, 0) is 21.2 Å². The van der Waals surface area contributed by atoms with Crippen LogP contribution in [0.3, 0.4) is 0 Å². The number of carbonyl (C=O) groups is 1. The van der Waals surface area contributed by atoms with Crippen LogP contribution in [0.15, 0.2) is 66.1 Å². The van der Waals surface area contributed by atoms with Crippen molar-refractivity contribution in [1.82, 2.24) is 10.0 Å². The van der Waals surface area contributed by atoms with E-state index in [1.165, 1.54) is 11.6 Å². The van der Waals surface area contributed by atoms with Crippen molar-refractivity contribution >= 4 is 22.0 Å². The molecule has 0 radical (unpaired) electrons. The molecule has 0 aromatic heterocycles. The molecule has 0 bridgehead atoms. The molecule has 1 amide bonds. The van der Waals surface area contributed by atoms with Crippen molar-refractivity contribution < 1.29 is 13.2 Å². The predicted octanol–water partition coefficient (Wildman–Crippen LogP) is 3.10. The van der Waals surface area contributed by atoms with Crippen molar-refractivity contribution in [2.45, 2.75) is 32.2 Å². The second kappa shape index (κ2) is 10.6. The van der Waals surface area contributed by atoms with Crippen molar-refractivity contribution in [3.63, 3.8) is 0 Å². The van der Waals surface area contributed by atoms with Gasteiger partial charge in [0.1, 0.15) is 0 Å². The molecule has 2 N–H and O–H groups in total. The van der Waals surface area contributed by atoms with Gasteiger partial charge in [0.05, 0.1) is 0 Å². The number of amides is 1. The molecule has 5 nitrogen and oxygen atoms in total. The minimum atomic E-state index is -3.56. The fraction of sp³-hybridized carbons (Fsp3) is 0.286. The second-order valence-corrected chi connectivity index (χ2v) is 8.05. The molecule has 0 saturated carbocycles. The number of sulfonamides is 1. The van der Waals surface area contributed by atoms with Gasteiger partial charge in [-0.3, -0.25) is 4.79 Å². The molecule has 2 aromatic carbocycles. The Hall–Kier alpha value is -2.44. The molecule has 1 atom stereocenters. The SMILES string of the molecule is CC(CCc1ccccc1)NC(=O)CCNS(=O)(=O)/C=C/c1ccccc1. The molecule has 6 heteroatoms. The summed E-state index contributed by atoms with van der Waals surface area (Å²) in [5.41, 5.74) is 2.03. The quantitative estimate of drug-likeness (QED) is 0.659. The van der Waals surface area contributed by atoms with Gasteiger partial charge in [-0.2, -0.15) is 0 Å². The largest absolute Gasteiger partial charge is 0.354 e. The number of rotatable bonds is 10. The van der Waals surface area contributed by atoms with Crippen LogP contribution in [0.5, 0.6) is 0 Å². The lowest BCUT2D eigenvalue weighted by atomic mass is 10.1. The Bertz CT molecular complexity index is 834. The fourth-order valence-corrected chi connectivity index (χ4v) is 3.35. The summed E-state index contributed by atoms with van der Waals surface area (Å²) < 4.78 is 26.3. The van der Waals surface area contributed by atoms with Crippen molar-refractivity contribution in [2.75, 3.05) is 6.54 Å². The maximum atomic E-state index is 12.0. The van der Waals surface area contributed by atoms with Crippen LogP contribution in [-0.4, -0.2) is 26.9 Å². The second-order valence-electron chi connectivity index (χ2n) is 6.40. The molecule has 0 fully saturated rings. The van der Waals surface area contributed by atoms with Crippen LogP contribution in [0.1, 0.15) is 30.9 Å². The lowest BCUT2D eigenvalue weighted by Crippen LogP contribution is -2.35. The Morgan fingerprint density at radius 2 is 1.67 bits per heavy atom. The predicted molar refractivity (Wildman–Crippen MR) is 109 cm³/mol. The number of nitrogens with one attached hydrogen (secondary N) is 2. The van der Waals surface area contributed by atoms with E-state index in [9.17, 15) is 13.2 Å². The Labute approximate surface area is 161 Å². The smallest absolute Gasteiger partial charge is 0.233 e. The Morgan fingerprint density at radius 1 is 1.04 bits per heavy atom. The summed E-state index contributed by atoms with van der Waals surface area (Å²) in [4.78, 5) is 12.0. The molecule has 27 heavy (non-hydrogen) atoms. The maximum absolute atomic E-state index is 12.0. The third kappa shape index (κ3) is 8.66. The molecule has 0 spiro atoms. The van der Waals surface area contributed by atoms with Crippen LogP contribution < -0.4 is 10.0 Å². The summed E-state index contributed by atoms with van der Waals surface area (Å²) >= 11 is 0. The van der Waals surface area contributed by atoms with E-state index in [1.54, 1.807) is 0 Å². The molecule has 0 aliphatic carbocycles. The maximum Gasteiger partial charge on any atom is 0.233 e. The lowest BCUT2D eigenvalue weighted by molar-refractivity contribution is -0.121. The highest BCUT2D eigenvalue weighted by Gasteiger charge is 2.10. The van der Waals surface area contributed by atoms with Gasteiger partial charge in [-0.25, -0.2) is 13.1 Å². The van der Waals surface area contributed by atoms with E-state index in [1.807, 2.05) is 55.5 Å². The zero-order valence-corrected chi connectivity index (χ0v) is 16.3. The molecule has 0 aliphatic heterocycles. The van der Waals surface area contributed by atoms with E-state index >= 15 is 0 Å². The molecule has 2 rings (SSSR count).